The fourth-order valence-electron chi connectivity index (χ4n) is 2.05. The molecule has 1 heterocycles. The maximum Gasteiger partial charge on any atom is 0.342 e. The van der Waals surface area contributed by atoms with Gasteiger partial charge in [-0.3, -0.25) is 0 Å². The van der Waals surface area contributed by atoms with Crippen molar-refractivity contribution in [2.24, 2.45) is 0 Å². The summed E-state index contributed by atoms with van der Waals surface area (Å²) >= 11 is 1.34. The molecule has 0 aliphatic carbocycles. The van der Waals surface area contributed by atoms with Crippen molar-refractivity contribution in [3.63, 3.8) is 0 Å². The predicted octanol–water partition coefficient (Wildman–Crippen LogP) is 5.20. The Morgan fingerprint density at radius 2 is 1.67 bits per heavy atom. The van der Waals surface area contributed by atoms with Crippen molar-refractivity contribution in [1.82, 2.24) is 0 Å². The average Bonchev–Trinajstić information content (AvgIpc) is 2.88. The van der Waals surface area contributed by atoms with Crippen LogP contribution in [0.25, 0.3) is 11.0 Å². The quantitative estimate of drug-likeness (QED) is 0.324. The first-order valence-electron chi connectivity index (χ1n) is 7.16. The third kappa shape index (κ3) is 3.38. The number of esters is 1. The summed E-state index contributed by atoms with van der Waals surface area (Å²) in [6.45, 7) is 7.19. The van der Waals surface area contributed by atoms with E-state index in [1.807, 2.05) is 20.8 Å². The molecule has 132 valence electrons. The lowest BCUT2D eigenvalue weighted by Gasteiger charge is -2.16. The third-order valence-electron chi connectivity index (χ3n) is 3.09. The van der Waals surface area contributed by atoms with E-state index in [4.69, 9.17) is 9.15 Å². The van der Waals surface area contributed by atoms with E-state index in [0.717, 1.165) is 0 Å². The van der Waals surface area contributed by atoms with E-state index in [9.17, 15) is 22.4 Å². The number of hydrogen-bond donors (Lipinski definition) is 0. The number of fused-ring (bicyclic) bond motifs is 1. The molecule has 0 unspecified atom stereocenters. The Morgan fingerprint density at radius 1 is 1.08 bits per heavy atom. The molecule has 0 saturated heterocycles. The predicted molar refractivity (Wildman–Crippen MR) is 83.1 cm³/mol. The Hall–Kier alpha value is -1.70. The number of ether oxygens (including phenoxy) is 1. The molecule has 0 aliphatic heterocycles. The lowest BCUT2D eigenvalue weighted by atomic mass is 10.1. The second-order valence-corrected chi connectivity index (χ2v) is 7.78. The summed E-state index contributed by atoms with van der Waals surface area (Å²) in [7, 11) is 0. The molecule has 0 spiro atoms. The molecule has 0 saturated carbocycles. The van der Waals surface area contributed by atoms with Gasteiger partial charge in [0.05, 0.1) is 17.7 Å². The van der Waals surface area contributed by atoms with Crippen LogP contribution in [0.4, 0.5) is 17.6 Å². The number of rotatable bonds is 4. The van der Waals surface area contributed by atoms with Gasteiger partial charge in [0.2, 0.25) is 11.6 Å². The van der Waals surface area contributed by atoms with E-state index in [0.29, 0.717) is 0 Å². The Balaban J connectivity index is 2.72. The Kier molecular flexibility index (Phi) is 5.17. The molecule has 8 heteroatoms. The maximum atomic E-state index is 14.1. The van der Waals surface area contributed by atoms with Gasteiger partial charge in [-0.05, 0) is 6.92 Å². The summed E-state index contributed by atoms with van der Waals surface area (Å²) in [4.78, 5) is 12.1. The van der Waals surface area contributed by atoms with Gasteiger partial charge in [0.25, 0.3) is 0 Å². The van der Waals surface area contributed by atoms with Crippen molar-refractivity contribution < 1.29 is 31.5 Å². The zero-order valence-corrected chi connectivity index (χ0v) is 14.4. The average molecular weight is 364 g/mol. The van der Waals surface area contributed by atoms with Gasteiger partial charge in [0, 0.05) is 4.75 Å². The lowest BCUT2D eigenvalue weighted by molar-refractivity contribution is 0.0526. The van der Waals surface area contributed by atoms with Crippen molar-refractivity contribution in [3.8, 4) is 0 Å². The van der Waals surface area contributed by atoms with Gasteiger partial charge in [-0.15, -0.1) is 11.8 Å². The fourth-order valence-corrected chi connectivity index (χ4v) is 2.81. The highest BCUT2D eigenvalue weighted by Gasteiger charge is 2.32. The zero-order chi connectivity index (χ0) is 18.2. The standard InChI is InChI=1S/C16H16F4O3S/c1-5-22-15(21)8-7(6-24-16(2,3)4)23-14-9(8)10(17)11(18)12(19)13(14)20/h5-6H2,1-4H3. The molecule has 0 fully saturated rings. The van der Waals surface area contributed by atoms with Crippen molar-refractivity contribution in [1.29, 1.82) is 0 Å². The number of thioether (sulfide) groups is 1. The van der Waals surface area contributed by atoms with E-state index in [1.54, 1.807) is 0 Å². The van der Waals surface area contributed by atoms with Gasteiger partial charge in [-0.25, -0.2) is 18.0 Å². The summed E-state index contributed by atoms with van der Waals surface area (Å²) in [5.74, 6) is -8.34. The van der Waals surface area contributed by atoms with Gasteiger partial charge < -0.3 is 9.15 Å². The summed E-state index contributed by atoms with van der Waals surface area (Å²) in [6, 6.07) is 0. The van der Waals surface area contributed by atoms with E-state index in [1.165, 1.54) is 18.7 Å². The molecule has 3 nitrogen and oxygen atoms in total. The van der Waals surface area contributed by atoms with Crippen molar-refractivity contribution in [2.75, 3.05) is 6.61 Å². The summed E-state index contributed by atoms with van der Waals surface area (Å²) < 4.78 is 64.8. The maximum absolute atomic E-state index is 14.1. The zero-order valence-electron chi connectivity index (χ0n) is 13.6. The van der Waals surface area contributed by atoms with Gasteiger partial charge in [0.15, 0.2) is 17.2 Å². The summed E-state index contributed by atoms with van der Waals surface area (Å²) in [6.07, 6.45) is 0. The monoisotopic (exact) mass is 364 g/mol. The molecule has 24 heavy (non-hydrogen) atoms. The number of hydrogen-bond acceptors (Lipinski definition) is 4. The molecule has 0 amide bonds. The second-order valence-electron chi connectivity index (χ2n) is 5.98. The number of carbonyl (C=O) groups is 1. The third-order valence-corrected chi connectivity index (χ3v) is 4.37. The molecule has 2 aromatic rings. The number of carbonyl (C=O) groups excluding carboxylic acids is 1. The molecule has 0 radical (unpaired) electrons. The van der Waals surface area contributed by atoms with Crippen LogP contribution in [0.15, 0.2) is 4.42 Å². The minimum absolute atomic E-state index is 0.0227. The highest BCUT2D eigenvalue weighted by molar-refractivity contribution is 7.99. The van der Waals surface area contributed by atoms with Crippen LogP contribution >= 0.6 is 11.8 Å². The van der Waals surface area contributed by atoms with Crippen LogP contribution in [0, 0.1) is 23.3 Å². The Labute approximate surface area is 140 Å². The van der Waals surface area contributed by atoms with E-state index >= 15 is 0 Å². The minimum Gasteiger partial charge on any atom is -0.462 e. The van der Waals surface area contributed by atoms with Crippen LogP contribution in [-0.4, -0.2) is 17.3 Å². The van der Waals surface area contributed by atoms with Crippen LogP contribution in [-0.2, 0) is 10.5 Å². The van der Waals surface area contributed by atoms with Gasteiger partial charge in [0.1, 0.15) is 11.3 Å². The minimum atomic E-state index is -2.00. The first-order valence-corrected chi connectivity index (χ1v) is 8.15. The SMILES string of the molecule is CCOC(=O)c1c(CSC(C)(C)C)oc2c(F)c(F)c(F)c(F)c12. The van der Waals surface area contributed by atoms with Crippen LogP contribution in [0.5, 0.6) is 0 Å². The molecular formula is C16H16F4O3S. The van der Waals surface area contributed by atoms with E-state index in [-0.39, 0.29) is 22.9 Å². The van der Waals surface area contributed by atoms with E-state index < -0.39 is 45.8 Å². The largest absolute Gasteiger partial charge is 0.462 e. The molecule has 1 aromatic heterocycles. The first kappa shape index (κ1) is 18.6. The molecule has 0 aliphatic rings. The second kappa shape index (κ2) is 6.66. The van der Waals surface area contributed by atoms with Crippen molar-refractivity contribution in [2.45, 2.75) is 38.2 Å². The lowest BCUT2D eigenvalue weighted by Crippen LogP contribution is -2.10. The molecule has 0 bridgehead atoms. The highest BCUT2D eigenvalue weighted by atomic mass is 32.2. The Bertz CT molecular complexity index is 793. The number of furan rings is 1. The number of benzene rings is 1. The van der Waals surface area contributed by atoms with Gasteiger partial charge in [-0.1, -0.05) is 20.8 Å². The van der Waals surface area contributed by atoms with Crippen LogP contribution in [0.3, 0.4) is 0 Å². The van der Waals surface area contributed by atoms with E-state index in [2.05, 4.69) is 0 Å². The summed E-state index contributed by atoms with van der Waals surface area (Å²) in [5.41, 5.74) is -1.25. The van der Waals surface area contributed by atoms with Gasteiger partial charge in [-0.2, -0.15) is 4.39 Å². The normalized spacial score (nSPS) is 12.0. The topological polar surface area (TPSA) is 39.4 Å². The van der Waals surface area contributed by atoms with Crippen molar-refractivity contribution in [3.05, 3.63) is 34.6 Å². The molecule has 1 aromatic carbocycles. The number of halogens is 4. The molecule has 0 N–H and O–H groups in total. The molecule has 2 rings (SSSR count). The van der Waals surface area contributed by atoms with Crippen LogP contribution < -0.4 is 0 Å². The molecular weight excluding hydrogens is 348 g/mol. The fraction of sp³-hybridized carbons (Fsp3) is 0.438. The molecule has 0 atom stereocenters. The summed E-state index contributed by atoms with van der Waals surface area (Å²) in [5, 5.41) is -0.741. The van der Waals surface area contributed by atoms with Crippen LogP contribution in [0.2, 0.25) is 0 Å². The smallest absolute Gasteiger partial charge is 0.342 e. The van der Waals surface area contributed by atoms with Gasteiger partial charge >= 0.3 is 5.97 Å². The van der Waals surface area contributed by atoms with Crippen LogP contribution in [0.1, 0.15) is 43.8 Å². The Morgan fingerprint density at radius 3 is 2.21 bits per heavy atom. The highest BCUT2D eigenvalue weighted by Crippen LogP contribution is 2.37. The van der Waals surface area contributed by atoms with Crippen molar-refractivity contribution >= 4 is 28.7 Å². The first-order chi connectivity index (χ1) is 11.1.